The molecule has 2 atom stereocenters. The third-order valence-corrected chi connectivity index (χ3v) is 4.56. The molecule has 8 heteroatoms. The molecule has 1 heterocycles. The van der Waals surface area contributed by atoms with Gasteiger partial charge in [0, 0.05) is 11.7 Å². The third-order valence-electron chi connectivity index (χ3n) is 4.25. The number of carbonyl (C=O) groups excluding carboxylic acids is 1. The van der Waals surface area contributed by atoms with Crippen LogP contribution in [0.1, 0.15) is 31.2 Å². The maximum Gasteiger partial charge on any atom is 0.416 e. The molecule has 23 heavy (non-hydrogen) atoms. The maximum atomic E-state index is 12.7. The first-order valence-electron chi connectivity index (χ1n) is 7.44. The van der Waals surface area contributed by atoms with Crippen LogP contribution in [0.3, 0.4) is 0 Å². The summed E-state index contributed by atoms with van der Waals surface area (Å²) in [5, 5.41) is 5.98. The molecule has 2 N–H and O–H groups in total. The molecule has 0 aromatic heterocycles. The number of urea groups is 1. The molecule has 1 saturated heterocycles. The number of rotatable bonds is 1. The molecule has 1 saturated carbocycles. The van der Waals surface area contributed by atoms with Crippen LogP contribution >= 0.6 is 12.2 Å². The zero-order chi connectivity index (χ0) is 16.6. The number of nitrogens with zero attached hydrogens (tertiary/aromatic N) is 1. The van der Waals surface area contributed by atoms with Crippen molar-refractivity contribution in [2.24, 2.45) is 0 Å². The van der Waals surface area contributed by atoms with Crippen LogP contribution in [0.5, 0.6) is 0 Å². The van der Waals surface area contributed by atoms with Gasteiger partial charge in [-0.05, 0) is 43.3 Å². The summed E-state index contributed by atoms with van der Waals surface area (Å²) >= 11 is 5.21. The number of thiocarbonyl (C=S) groups is 1. The molecule has 124 valence electrons. The van der Waals surface area contributed by atoms with Crippen molar-refractivity contribution in [2.45, 2.75) is 43.9 Å². The minimum Gasteiger partial charge on any atom is -0.357 e. The zero-order valence-corrected chi connectivity index (χ0v) is 13.0. The second-order valence-corrected chi connectivity index (χ2v) is 6.17. The number of halogens is 3. The van der Waals surface area contributed by atoms with Gasteiger partial charge in [-0.3, -0.25) is 4.90 Å². The molecule has 2 amide bonds. The molecule has 1 aromatic rings. The summed E-state index contributed by atoms with van der Waals surface area (Å²) in [6, 6.07) is 4.21. The Balaban J connectivity index is 1.75. The Kier molecular flexibility index (Phi) is 4.18. The first-order chi connectivity index (χ1) is 10.9. The van der Waals surface area contributed by atoms with Gasteiger partial charge in [0.2, 0.25) is 0 Å². The van der Waals surface area contributed by atoms with Crippen LogP contribution in [0.15, 0.2) is 24.3 Å². The number of hydrogen-bond acceptors (Lipinski definition) is 2. The van der Waals surface area contributed by atoms with Crippen molar-refractivity contribution in [2.75, 3.05) is 5.32 Å². The van der Waals surface area contributed by atoms with Gasteiger partial charge in [-0.15, -0.1) is 0 Å². The highest BCUT2D eigenvalue weighted by Crippen LogP contribution is 2.31. The molecule has 2 fully saturated rings. The maximum absolute atomic E-state index is 12.7. The van der Waals surface area contributed by atoms with Gasteiger partial charge in [0.05, 0.1) is 11.6 Å². The highest BCUT2D eigenvalue weighted by molar-refractivity contribution is 7.80. The van der Waals surface area contributed by atoms with Gasteiger partial charge >= 0.3 is 12.2 Å². The predicted molar refractivity (Wildman–Crippen MR) is 84.1 cm³/mol. The molecule has 2 aliphatic rings. The van der Waals surface area contributed by atoms with Crippen LogP contribution < -0.4 is 10.6 Å². The average Bonchev–Trinajstić information content (AvgIpc) is 2.82. The molecule has 0 spiro atoms. The van der Waals surface area contributed by atoms with Gasteiger partial charge < -0.3 is 10.6 Å². The number of nitrogens with one attached hydrogen (secondary N) is 2. The lowest BCUT2D eigenvalue weighted by Crippen LogP contribution is -2.44. The summed E-state index contributed by atoms with van der Waals surface area (Å²) in [6.45, 7) is 0. The van der Waals surface area contributed by atoms with Crippen molar-refractivity contribution in [3.05, 3.63) is 29.8 Å². The van der Waals surface area contributed by atoms with Crippen molar-refractivity contribution < 1.29 is 18.0 Å². The molecule has 0 unspecified atom stereocenters. The Morgan fingerprint density at radius 3 is 2.78 bits per heavy atom. The second kappa shape index (κ2) is 5.99. The van der Waals surface area contributed by atoms with E-state index in [-0.39, 0.29) is 17.8 Å². The molecule has 1 aliphatic carbocycles. The summed E-state index contributed by atoms with van der Waals surface area (Å²) in [4.78, 5) is 13.9. The van der Waals surface area contributed by atoms with Gasteiger partial charge in [0.15, 0.2) is 5.11 Å². The Bertz CT molecular complexity index is 635. The van der Waals surface area contributed by atoms with Crippen molar-refractivity contribution in [1.82, 2.24) is 10.2 Å². The van der Waals surface area contributed by atoms with E-state index in [0.717, 1.165) is 37.8 Å². The fourth-order valence-corrected chi connectivity index (χ4v) is 3.54. The molecular formula is C15H16F3N3OS. The summed E-state index contributed by atoms with van der Waals surface area (Å²) in [5.74, 6) is 0. The van der Waals surface area contributed by atoms with Crippen molar-refractivity contribution in [3.8, 4) is 0 Å². The lowest BCUT2D eigenvalue weighted by atomic mass is 9.91. The molecule has 4 nitrogen and oxygen atoms in total. The van der Waals surface area contributed by atoms with E-state index >= 15 is 0 Å². The Morgan fingerprint density at radius 2 is 2.04 bits per heavy atom. The Hall–Kier alpha value is -1.83. The number of anilines is 1. The number of alkyl halides is 3. The van der Waals surface area contributed by atoms with E-state index in [1.54, 1.807) is 0 Å². The van der Waals surface area contributed by atoms with Crippen molar-refractivity contribution >= 4 is 29.0 Å². The highest BCUT2D eigenvalue weighted by Gasteiger charge is 2.41. The topological polar surface area (TPSA) is 44.4 Å². The van der Waals surface area contributed by atoms with Crippen molar-refractivity contribution in [1.29, 1.82) is 0 Å². The lowest BCUT2D eigenvalue weighted by molar-refractivity contribution is -0.137. The quantitative estimate of drug-likeness (QED) is 0.764. The third kappa shape index (κ3) is 3.26. The van der Waals surface area contributed by atoms with Gasteiger partial charge in [0.25, 0.3) is 0 Å². The number of amides is 2. The minimum absolute atomic E-state index is 0.0259. The van der Waals surface area contributed by atoms with E-state index in [4.69, 9.17) is 12.2 Å². The minimum atomic E-state index is -4.44. The van der Waals surface area contributed by atoms with Crippen molar-refractivity contribution in [3.63, 3.8) is 0 Å². The smallest absolute Gasteiger partial charge is 0.357 e. The standard InChI is InChI=1S/C15H16F3N3OS/c16-15(17,18)9-4-3-5-10(8-9)19-13(22)21-12-7-2-1-6-11(12)20-14(21)23/h3-5,8,11-12H,1-2,6-7H2,(H,19,22)(H,20,23)/t11-,12-/m0/s1. The van der Waals surface area contributed by atoms with Crippen LogP contribution in [-0.4, -0.2) is 28.1 Å². The van der Waals surface area contributed by atoms with Gasteiger partial charge in [-0.2, -0.15) is 13.2 Å². The van der Waals surface area contributed by atoms with E-state index in [1.807, 2.05) is 0 Å². The number of hydrogen-bond donors (Lipinski definition) is 2. The van der Waals surface area contributed by atoms with Crippen LogP contribution in [0.25, 0.3) is 0 Å². The molecule has 3 rings (SSSR count). The fraction of sp³-hybridized carbons (Fsp3) is 0.467. The molecular weight excluding hydrogens is 327 g/mol. The van der Waals surface area contributed by atoms with E-state index in [2.05, 4.69) is 10.6 Å². The van der Waals surface area contributed by atoms with Crippen LogP contribution in [0, 0.1) is 0 Å². The number of benzene rings is 1. The SMILES string of the molecule is O=C(Nc1cccc(C(F)(F)F)c1)N1C(=S)N[C@H]2CCCC[C@@H]21. The second-order valence-electron chi connectivity index (χ2n) is 5.79. The average molecular weight is 343 g/mol. The molecule has 1 aliphatic heterocycles. The zero-order valence-electron chi connectivity index (χ0n) is 12.2. The summed E-state index contributed by atoms with van der Waals surface area (Å²) in [7, 11) is 0. The summed E-state index contributed by atoms with van der Waals surface area (Å²) < 4.78 is 38.2. The van der Waals surface area contributed by atoms with E-state index in [1.165, 1.54) is 17.0 Å². The predicted octanol–water partition coefficient (Wildman–Crippen LogP) is 3.74. The number of carbonyl (C=O) groups is 1. The summed E-state index contributed by atoms with van der Waals surface area (Å²) in [5.41, 5.74) is -0.695. The van der Waals surface area contributed by atoms with E-state index in [0.29, 0.717) is 5.11 Å². The first-order valence-corrected chi connectivity index (χ1v) is 7.85. The van der Waals surface area contributed by atoms with Gasteiger partial charge in [-0.25, -0.2) is 4.79 Å². The van der Waals surface area contributed by atoms with Crippen LogP contribution in [0.4, 0.5) is 23.7 Å². The largest absolute Gasteiger partial charge is 0.416 e. The van der Waals surface area contributed by atoms with Gasteiger partial charge in [0.1, 0.15) is 0 Å². The molecule has 0 radical (unpaired) electrons. The van der Waals surface area contributed by atoms with Crippen LogP contribution in [0.2, 0.25) is 0 Å². The lowest BCUT2D eigenvalue weighted by Gasteiger charge is -2.29. The fourth-order valence-electron chi connectivity index (χ4n) is 3.17. The van der Waals surface area contributed by atoms with Crippen LogP contribution in [-0.2, 0) is 6.18 Å². The molecule has 1 aromatic carbocycles. The van der Waals surface area contributed by atoms with E-state index in [9.17, 15) is 18.0 Å². The summed E-state index contributed by atoms with van der Waals surface area (Å²) in [6.07, 6.45) is -0.565. The molecule has 0 bridgehead atoms. The van der Waals surface area contributed by atoms with Gasteiger partial charge in [-0.1, -0.05) is 18.9 Å². The normalized spacial score (nSPS) is 24.1. The van der Waals surface area contributed by atoms with E-state index < -0.39 is 17.8 Å². The monoisotopic (exact) mass is 343 g/mol. The Morgan fingerprint density at radius 1 is 1.30 bits per heavy atom. The Labute approximate surface area is 137 Å². The number of fused-ring (bicyclic) bond motifs is 1. The first kappa shape index (κ1) is 16.0. The highest BCUT2D eigenvalue weighted by atomic mass is 32.1.